The van der Waals surface area contributed by atoms with Crippen molar-refractivity contribution in [2.24, 2.45) is 0 Å². The predicted molar refractivity (Wildman–Crippen MR) is 95.4 cm³/mol. The Morgan fingerprint density at radius 3 is 2.56 bits per heavy atom. The van der Waals surface area contributed by atoms with Gasteiger partial charge in [0.1, 0.15) is 0 Å². The van der Waals surface area contributed by atoms with E-state index in [1.807, 2.05) is 6.07 Å². The zero-order valence-electron chi connectivity index (χ0n) is 13.8. The largest absolute Gasteiger partial charge is 0.352 e. The van der Waals surface area contributed by atoms with Crippen LogP contribution in [0.3, 0.4) is 0 Å². The molecule has 0 spiro atoms. The molecular formula is C19H21ClF2N2O. The molecule has 0 radical (unpaired) electrons. The number of halogens is 3. The molecule has 1 aliphatic heterocycles. The maximum Gasteiger partial charge on any atom is 0.220 e. The first-order valence-electron chi connectivity index (χ1n) is 8.14. The minimum absolute atomic E-state index is 0. The quantitative estimate of drug-likeness (QED) is 0.819. The molecule has 0 fully saturated rings. The first-order chi connectivity index (χ1) is 11.6. The van der Waals surface area contributed by atoms with Gasteiger partial charge in [-0.3, -0.25) is 4.79 Å². The van der Waals surface area contributed by atoms with Gasteiger partial charge in [0.05, 0.1) is 0 Å². The fourth-order valence-corrected chi connectivity index (χ4v) is 2.90. The maximum absolute atomic E-state index is 13.1. The molecule has 0 bridgehead atoms. The van der Waals surface area contributed by atoms with Crippen LogP contribution in [0.15, 0.2) is 36.4 Å². The van der Waals surface area contributed by atoms with Crippen molar-refractivity contribution in [1.29, 1.82) is 0 Å². The molecule has 6 heteroatoms. The van der Waals surface area contributed by atoms with E-state index >= 15 is 0 Å². The lowest BCUT2D eigenvalue weighted by atomic mass is 10.1. The third-order valence-corrected chi connectivity index (χ3v) is 4.24. The molecule has 134 valence electrons. The van der Waals surface area contributed by atoms with Crippen molar-refractivity contribution in [3.8, 4) is 0 Å². The summed E-state index contributed by atoms with van der Waals surface area (Å²) in [5.74, 6) is -1.72. The Bertz CT molecular complexity index is 752. The number of aryl methyl sites for hydroxylation is 1. The lowest BCUT2D eigenvalue weighted by Gasteiger charge is -2.07. The van der Waals surface area contributed by atoms with Crippen LogP contribution in [0.5, 0.6) is 0 Å². The topological polar surface area (TPSA) is 41.1 Å². The number of rotatable bonds is 6. The van der Waals surface area contributed by atoms with Crippen LogP contribution in [0.25, 0.3) is 0 Å². The van der Waals surface area contributed by atoms with Crippen molar-refractivity contribution in [2.75, 3.05) is 0 Å². The Balaban J connectivity index is 0.00000225. The molecule has 0 saturated heterocycles. The Kier molecular flexibility index (Phi) is 6.91. The van der Waals surface area contributed by atoms with Gasteiger partial charge in [0, 0.05) is 26.1 Å². The van der Waals surface area contributed by atoms with Crippen LogP contribution in [0.2, 0.25) is 0 Å². The number of amides is 1. The molecule has 0 unspecified atom stereocenters. The van der Waals surface area contributed by atoms with E-state index < -0.39 is 11.6 Å². The number of carbonyl (C=O) groups is 1. The fraction of sp³-hybridized carbons (Fsp3) is 0.316. The minimum atomic E-state index is -0.846. The molecule has 2 N–H and O–H groups in total. The summed E-state index contributed by atoms with van der Waals surface area (Å²) in [5.41, 5.74) is 4.40. The van der Waals surface area contributed by atoms with Crippen molar-refractivity contribution < 1.29 is 13.6 Å². The van der Waals surface area contributed by atoms with E-state index in [0.29, 0.717) is 31.4 Å². The van der Waals surface area contributed by atoms with Crippen LogP contribution in [0.4, 0.5) is 8.78 Å². The lowest BCUT2D eigenvalue weighted by molar-refractivity contribution is -0.121. The first kappa shape index (κ1) is 19.3. The summed E-state index contributed by atoms with van der Waals surface area (Å²) in [7, 11) is 0. The molecule has 0 aromatic heterocycles. The van der Waals surface area contributed by atoms with Gasteiger partial charge in [-0.2, -0.15) is 0 Å². The third-order valence-electron chi connectivity index (χ3n) is 4.24. The number of nitrogens with one attached hydrogen (secondary N) is 2. The van der Waals surface area contributed by atoms with Gasteiger partial charge in [0.25, 0.3) is 0 Å². The Labute approximate surface area is 152 Å². The average Bonchev–Trinajstić information content (AvgIpc) is 3.04. The van der Waals surface area contributed by atoms with E-state index in [1.54, 1.807) is 6.07 Å². The molecule has 0 saturated carbocycles. The second kappa shape index (κ2) is 8.92. The normalized spacial score (nSPS) is 12.4. The van der Waals surface area contributed by atoms with Crippen molar-refractivity contribution in [2.45, 2.75) is 38.9 Å². The highest BCUT2D eigenvalue weighted by Crippen LogP contribution is 2.17. The zero-order chi connectivity index (χ0) is 16.9. The van der Waals surface area contributed by atoms with E-state index in [1.165, 1.54) is 17.2 Å². The number of carbonyl (C=O) groups excluding carboxylic acids is 1. The summed E-state index contributed by atoms with van der Waals surface area (Å²) in [6, 6.07) is 10.1. The molecule has 1 amide bonds. The van der Waals surface area contributed by atoms with E-state index in [2.05, 4.69) is 22.8 Å². The minimum Gasteiger partial charge on any atom is -0.352 e. The summed E-state index contributed by atoms with van der Waals surface area (Å²) < 4.78 is 26.0. The zero-order valence-corrected chi connectivity index (χ0v) is 14.6. The molecule has 0 atom stereocenters. The van der Waals surface area contributed by atoms with Gasteiger partial charge >= 0.3 is 0 Å². The van der Waals surface area contributed by atoms with Gasteiger partial charge in [-0.1, -0.05) is 24.3 Å². The first-order valence-corrected chi connectivity index (χ1v) is 8.14. The molecule has 0 aliphatic carbocycles. The highest BCUT2D eigenvalue weighted by atomic mass is 35.5. The van der Waals surface area contributed by atoms with E-state index in [9.17, 15) is 13.6 Å². The van der Waals surface area contributed by atoms with E-state index in [4.69, 9.17) is 0 Å². The van der Waals surface area contributed by atoms with Gasteiger partial charge in [0.15, 0.2) is 11.6 Å². The van der Waals surface area contributed by atoms with E-state index in [-0.39, 0.29) is 18.3 Å². The molecule has 1 heterocycles. The van der Waals surface area contributed by atoms with Crippen LogP contribution in [0, 0.1) is 11.6 Å². The van der Waals surface area contributed by atoms with Crippen LogP contribution in [0.1, 0.15) is 35.1 Å². The summed E-state index contributed by atoms with van der Waals surface area (Å²) >= 11 is 0. The number of hydrogen-bond donors (Lipinski definition) is 2. The Hall–Kier alpha value is -1.98. The van der Waals surface area contributed by atoms with Gasteiger partial charge in [0.2, 0.25) is 5.91 Å². The van der Waals surface area contributed by atoms with Crippen molar-refractivity contribution in [1.82, 2.24) is 10.6 Å². The standard InChI is InChI=1S/C19H20F2N2O.ClH/c20-17-7-5-13(9-18(17)21)2-1-3-19(24)23-10-14-4-6-15-11-22-12-16(15)8-14;/h4-9,22H,1-3,10-12H2,(H,23,24);1H. The summed E-state index contributed by atoms with van der Waals surface area (Å²) in [6.07, 6.45) is 1.52. The molecule has 3 rings (SSSR count). The van der Waals surface area contributed by atoms with Crippen LogP contribution >= 0.6 is 12.4 Å². The number of hydrogen-bond acceptors (Lipinski definition) is 2. The molecule has 3 nitrogen and oxygen atoms in total. The van der Waals surface area contributed by atoms with Gasteiger partial charge in [-0.25, -0.2) is 8.78 Å². The number of fused-ring (bicyclic) bond motifs is 1. The Morgan fingerprint density at radius 1 is 1.00 bits per heavy atom. The van der Waals surface area contributed by atoms with Crippen molar-refractivity contribution in [3.63, 3.8) is 0 Å². The predicted octanol–water partition coefficient (Wildman–Crippen LogP) is 3.63. The van der Waals surface area contributed by atoms with Crippen LogP contribution in [-0.2, 0) is 30.8 Å². The molecule has 2 aromatic rings. The second-order valence-corrected chi connectivity index (χ2v) is 6.09. The summed E-state index contributed by atoms with van der Waals surface area (Å²) in [5, 5.41) is 6.20. The maximum atomic E-state index is 13.1. The average molecular weight is 367 g/mol. The molecule has 25 heavy (non-hydrogen) atoms. The molecule has 1 aliphatic rings. The van der Waals surface area contributed by atoms with Crippen LogP contribution < -0.4 is 10.6 Å². The third kappa shape index (κ3) is 5.25. The number of benzene rings is 2. The van der Waals surface area contributed by atoms with Gasteiger partial charge in [-0.05, 0) is 47.2 Å². The van der Waals surface area contributed by atoms with Crippen molar-refractivity contribution >= 4 is 18.3 Å². The molecule has 2 aromatic carbocycles. The monoisotopic (exact) mass is 366 g/mol. The van der Waals surface area contributed by atoms with Crippen molar-refractivity contribution in [3.05, 3.63) is 70.3 Å². The highest BCUT2D eigenvalue weighted by Gasteiger charge is 2.10. The molecular weight excluding hydrogens is 346 g/mol. The lowest BCUT2D eigenvalue weighted by Crippen LogP contribution is -2.22. The smallest absolute Gasteiger partial charge is 0.220 e. The van der Waals surface area contributed by atoms with E-state index in [0.717, 1.165) is 24.7 Å². The SMILES string of the molecule is Cl.O=C(CCCc1ccc(F)c(F)c1)NCc1ccc2c(c1)CNC2. The second-order valence-electron chi connectivity index (χ2n) is 6.09. The van der Waals surface area contributed by atoms with Gasteiger partial charge in [-0.15, -0.1) is 12.4 Å². The fourth-order valence-electron chi connectivity index (χ4n) is 2.90. The Morgan fingerprint density at radius 2 is 1.76 bits per heavy atom. The van der Waals surface area contributed by atoms with Gasteiger partial charge < -0.3 is 10.6 Å². The van der Waals surface area contributed by atoms with Crippen LogP contribution in [-0.4, -0.2) is 5.91 Å². The summed E-state index contributed by atoms with van der Waals surface area (Å²) in [6.45, 7) is 2.30. The summed E-state index contributed by atoms with van der Waals surface area (Å²) in [4.78, 5) is 11.9. The highest BCUT2D eigenvalue weighted by molar-refractivity contribution is 5.85.